The van der Waals surface area contributed by atoms with Crippen molar-refractivity contribution in [2.45, 2.75) is 33.2 Å². The molecule has 0 atom stereocenters. The van der Waals surface area contributed by atoms with Gasteiger partial charge in [0.2, 0.25) is 0 Å². The summed E-state index contributed by atoms with van der Waals surface area (Å²) in [5, 5.41) is 15.1. The predicted octanol–water partition coefficient (Wildman–Crippen LogP) is 0.909. The summed E-state index contributed by atoms with van der Waals surface area (Å²) in [7, 11) is 1.97. The van der Waals surface area contributed by atoms with Gasteiger partial charge in [-0.05, 0) is 13.3 Å². The topological polar surface area (TPSA) is 79.6 Å². The van der Waals surface area contributed by atoms with Crippen LogP contribution in [-0.2, 0) is 18.3 Å². The molecular weight excluding hydrogens is 433 g/mol. The van der Waals surface area contributed by atoms with E-state index in [4.69, 9.17) is 4.74 Å². The van der Waals surface area contributed by atoms with E-state index in [1.165, 1.54) is 0 Å². The number of unbranched alkanes of at least 4 members (excludes halogenated alkanes) is 1. The van der Waals surface area contributed by atoms with Gasteiger partial charge in [0.1, 0.15) is 12.4 Å². The Balaban J connectivity index is 0.00000312. The Labute approximate surface area is 167 Å². The molecule has 0 unspecified atom stereocenters. The van der Waals surface area contributed by atoms with Crippen LogP contribution < -0.4 is 10.6 Å². The first kappa shape index (κ1) is 22.1. The van der Waals surface area contributed by atoms with Gasteiger partial charge < -0.3 is 19.9 Å². The van der Waals surface area contributed by atoms with E-state index in [9.17, 15) is 0 Å². The van der Waals surface area contributed by atoms with Gasteiger partial charge in [-0.15, -0.1) is 34.2 Å². The summed E-state index contributed by atoms with van der Waals surface area (Å²) in [6.45, 7) is 11.1. The Morgan fingerprint density at radius 2 is 1.92 bits per heavy atom. The number of hydrogen-bond donors (Lipinski definition) is 2. The zero-order valence-electron chi connectivity index (χ0n) is 15.6. The molecule has 1 aliphatic rings. The monoisotopic (exact) mass is 465 g/mol. The third-order valence-electron chi connectivity index (χ3n) is 4.21. The summed E-state index contributed by atoms with van der Waals surface area (Å²) in [6, 6.07) is 0. The quantitative estimate of drug-likeness (QED) is 0.257. The van der Waals surface area contributed by atoms with Crippen molar-refractivity contribution < 1.29 is 4.74 Å². The second-order valence-corrected chi connectivity index (χ2v) is 6.05. The first-order valence-electron chi connectivity index (χ1n) is 8.88. The number of morpholine rings is 1. The van der Waals surface area contributed by atoms with Crippen molar-refractivity contribution in [1.82, 2.24) is 30.3 Å². The van der Waals surface area contributed by atoms with Crippen molar-refractivity contribution in [3.05, 3.63) is 11.6 Å². The first-order chi connectivity index (χ1) is 11.7. The van der Waals surface area contributed by atoms with Crippen LogP contribution in [0.5, 0.6) is 0 Å². The van der Waals surface area contributed by atoms with Gasteiger partial charge in [0, 0.05) is 39.8 Å². The number of rotatable bonds is 8. The summed E-state index contributed by atoms with van der Waals surface area (Å²) in [6.07, 6.45) is 2.30. The number of ether oxygens (including phenoxy) is 1. The van der Waals surface area contributed by atoms with Crippen LogP contribution in [0.25, 0.3) is 0 Å². The van der Waals surface area contributed by atoms with Gasteiger partial charge >= 0.3 is 0 Å². The minimum absolute atomic E-state index is 0. The zero-order chi connectivity index (χ0) is 17.2. The van der Waals surface area contributed by atoms with Crippen LogP contribution in [0.3, 0.4) is 0 Å². The summed E-state index contributed by atoms with van der Waals surface area (Å²) in [4.78, 5) is 7.06. The highest BCUT2D eigenvalue weighted by atomic mass is 127. The van der Waals surface area contributed by atoms with Crippen LogP contribution in [0.2, 0.25) is 0 Å². The van der Waals surface area contributed by atoms with E-state index < -0.39 is 0 Å². The zero-order valence-corrected chi connectivity index (χ0v) is 18.0. The molecular formula is C16H32IN7O. The second kappa shape index (κ2) is 12.4. The van der Waals surface area contributed by atoms with E-state index in [-0.39, 0.29) is 24.0 Å². The molecule has 0 aromatic carbocycles. The molecule has 2 N–H and O–H groups in total. The van der Waals surface area contributed by atoms with Gasteiger partial charge in [0.15, 0.2) is 11.8 Å². The minimum Gasteiger partial charge on any atom is -0.379 e. The highest BCUT2D eigenvalue weighted by Gasteiger charge is 2.10. The number of aromatic nitrogens is 3. The van der Waals surface area contributed by atoms with Crippen LogP contribution in [0, 0.1) is 6.92 Å². The van der Waals surface area contributed by atoms with Gasteiger partial charge in [0.25, 0.3) is 0 Å². The Morgan fingerprint density at radius 3 is 2.56 bits per heavy atom. The molecule has 0 saturated carbocycles. The minimum atomic E-state index is 0. The van der Waals surface area contributed by atoms with Gasteiger partial charge in [-0.25, -0.2) is 4.99 Å². The molecule has 1 saturated heterocycles. The van der Waals surface area contributed by atoms with E-state index in [0.29, 0.717) is 6.54 Å². The molecule has 2 heterocycles. The third-order valence-corrected chi connectivity index (χ3v) is 4.21. The van der Waals surface area contributed by atoms with E-state index in [1.807, 2.05) is 18.5 Å². The average molecular weight is 465 g/mol. The molecule has 1 aliphatic heterocycles. The molecule has 1 fully saturated rings. The lowest BCUT2D eigenvalue weighted by atomic mass is 10.3. The summed E-state index contributed by atoms with van der Waals surface area (Å²) < 4.78 is 7.35. The first-order valence-corrected chi connectivity index (χ1v) is 8.88. The van der Waals surface area contributed by atoms with Crippen molar-refractivity contribution in [2.75, 3.05) is 45.9 Å². The second-order valence-electron chi connectivity index (χ2n) is 6.05. The Morgan fingerprint density at radius 1 is 1.20 bits per heavy atom. The SMILES string of the molecule is CCCCNC(=NCc1nnc(C)n1C)NCCN1CCOCC1.I. The normalized spacial score (nSPS) is 15.7. The van der Waals surface area contributed by atoms with E-state index >= 15 is 0 Å². The Bertz CT molecular complexity index is 515. The van der Waals surface area contributed by atoms with Crippen LogP contribution in [-0.4, -0.2) is 71.6 Å². The summed E-state index contributed by atoms with van der Waals surface area (Å²) in [5.41, 5.74) is 0. The largest absolute Gasteiger partial charge is 0.379 e. The Hall–Kier alpha value is -0.940. The van der Waals surface area contributed by atoms with E-state index in [0.717, 1.165) is 76.4 Å². The number of nitrogens with one attached hydrogen (secondary N) is 2. The molecule has 9 heteroatoms. The fourth-order valence-electron chi connectivity index (χ4n) is 2.45. The summed E-state index contributed by atoms with van der Waals surface area (Å²) in [5.74, 6) is 2.62. The molecule has 1 aromatic heterocycles. The molecule has 2 rings (SSSR count). The lowest BCUT2D eigenvalue weighted by Crippen LogP contribution is -2.44. The van der Waals surface area contributed by atoms with Crippen molar-refractivity contribution in [3.8, 4) is 0 Å². The van der Waals surface area contributed by atoms with Crippen LogP contribution in [0.1, 0.15) is 31.4 Å². The molecule has 1 aromatic rings. The molecule has 144 valence electrons. The van der Waals surface area contributed by atoms with Gasteiger partial charge in [-0.1, -0.05) is 13.3 Å². The summed E-state index contributed by atoms with van der Waals surface area (Å²) >= 11 is 0. The average Bonchev–Trinajstić information content (AvgIpc) is 2.92. The fourth-order valence-corrected chi connectivity index (χ4v) is 2.45. The van der Waals surface area contributed by atoms with E-state index in [1.54, 1.807) is 0 Å². The number of halogens is 1. The van der Waals surface area contributed by atoms with Gasteiger partial charge in [-0.2, -0.15) is 0 Å². The third kappa shape index (κ3) is 7.87. The van der Waals surface area contributed by atoms with E-state index in [2.05, 4.69) is 37.6 Å². The number of nitrogens with zero attached hydrogens (tertiary/aromatic N) is 5. The molecule has 25 heavy (non-hydrogen) atoms. The number of aliphatic imine (C=N–C) groups is 1. The van der Waals surface area contributed by atoms with Crippen LogP contribution in [0.15, 0.2) is 4.99 Å². The molecule has 0 bridgehead atoms. The number of hydrogen-bond acceptors (Lipinski definition) is 5. The van der Waals surface area contributed by atoms with Crippen molar-refractivity contribution in [1.29, 1.82) is 0 Å². The van der Waals surface area contributed by atoms with Crippen LogP contribution in [0.4, 0.5) is 0 Å². The smallest absolute Gasteiger partial charge is 0.191 e. The van der Waals surface area contributed by atoms with Crippen molar-refractivity contribution in [2.24, 2.45) is 12.0 Å². The maximum atomic E-state index is 5.38. The number of guanidine groups is 1. The number of aryl methyl sites for hydroxylation is 1. The van der Waals surface area contributed by atoms with Crippen molar-refractivity contribution in [3.63, 3.8) is 0 Å². The molecule has 0 radical (unpaired) electrons. The van der Waals surface area contributed by atoms with Gasteiger partial charge in [0.05, 0.1) is 13.2 Å². The molecule has 8 nitrogen and oxygen atoms in total. The van der Waals surface area contributed by atoms with Crippen LogP contribution >= 0.6 is 24.0 Å². The van der Waals surface area contributed by atoms with Gasteiger partial charge in [-0.3, -0.25) is 4.90 Å². The standard InChI is InChI=1S/C16H31N7O.HI/c1-4-5-6-17-16(18-7-8-23-9-11-24-12-10-23)19-13-15-21-20-14(2)22(15)3;/h4-13H2,1-3H3,(H2,17,18,19);1H. The fraction of sp³-hybridized carbons (Fsp3) is 0.812. The molecule has 0 aliphatic carbocycles. The highest BCUT2D eigenvalue weighted by Crippen LogP contribution is 1.99. The maximum Gasteiger partial charge on any atom is 0.191 e. The lowest BCUT2D eigenvalue weighted by molar-refractivity contribution is 0.0389. The Kier molecular flexibility index (Phi) is 11.0. The molecule has 0 spiro atoms. The maximum absolute atomic E-state index is 5.38. The predicted molar refractivity (Wildman–Crippen MR) is 110 cm³/mol. The highest BCUT2D eigenvalue weighted by molar-refractivity contribution is 14.0. The molecule has 0 amide bonds. The lowest BCUT2D eigenvalue weighted by Gasteiger charge is -2.26. The van der Waals surface area contributed by atoms with Crippen molar-refractivity contribution >= 4 is 29.9 Å².